The Morgan fingerprint density at radius 1 is 1.38 bits per heavy atom. The maximum absolute atomic E-state index is 12.1. The van der Waals surface area contributed by atoms with E-state index in [0.29, 0.717) is 0 Å². The first-order chi connectivity index (χ1) is 15.0. The molecular formula is C13H24O3. The average molecular weight is 247 g/mol. The zero-order valence-corrected chi connectivity index (χ0v) is 8.22. The van der Waals surface area contributed by atoms with E-state index in [1.54, 1.807) is 0 Å². The van der Waals surface area contributed by atoms with E-state index >= 15 is 0 Å². The number of rotatable bonds is 10. The molecular weight excluding hydrogens is 204 g/mol. The largest absolute Gasteiger partial charge is 0.463 e. The van der Waals surface area contributed by atoms with Crippen molar-refractivity contribution in [1.29, 1.82) is 0 Å². The van der Waals surface area contributed by atoms with Crippen molar-refractivity contribution in [3.05, 3.63) is 0 Å². The SMILES string of the molecule is [2H]C([2H])([2H])C([2H])([2H])C([2H])([2H])C([2H])([2H])C([2H])([2H])C([2H])([2H])C([2H])([2H])C([2H])([2H])C([2H])([2H])C(=O)OCC1CO1. The lowest BCUT2D eigenvalue weighted by atomic mass is 10.1. The van der Waals surface area contributed by atoms with Gasteiger partial charge in [0.15, 0.2) is 0 Å². The molecule has 1 aliphatic heterocycles. The first kappa shape index (κ1) is 2.71. The van der Waals surface area contributed by atoms with Gasteiger partial charge in [-0.15, -0.1) is 0 Å². The molecule has 0 aliphatic carbocycles. The highest BCUT2D eigenvalue weighted by molar-refractivity contribution is 5.69. The Bertz CT molecular complexity index is 809. The van der Waals surface area contributed by atoms with Crippen LogP contribution in [0.25, 0.3) is 0 Å². The molecule has 0 aromatic carbocycles. The Kier molecular flexibility index (Phi) is 1.45. The standard InChI is InChI=1S/C13H24O3/c1-2-3-4-5-6-7-8-9-13(14)16-11-12-10-15-12/h12H,2-11H2,1H3/i1D3,2D2,3D2,4D2,5D2,6D2,7D2,8D2,9D2. The van der Waals surface area contributed by atoms with Crippen molar-refractivity contribution >= 4 is 5.97 Å². The van der Waals surface area contributed by atoms with Crippen molar-refractivity contribution in [2.45, 2.75) is 63.9 Å². The van der Waals surface area contributed by atoms with Gasteiger partial charge in [-0.3, -0.25) is 4.79 Å². The minimum Gasteiger partial charge on any atom is -0.463 e. The van der Waals surface area contributed by atoms with Crippen LogP contribution in [0.1, 0.15) is 83.9 Å². The minimum absolute atomic E-state index is 0.146. The van der Waals surface area contributed by atoms with Crippen LogP contribution in [0.3, 0.4) is 0 Å². The Labute approximate surface area is 125 Å². The fourth-order valence-corrected chi connectivity index (χ4v) is 0.608. The van der Waals surface area contributed by atoms with Crippen molar-refractivity contribution in [2.24, 2.45) is 0 Å². The van der Waals surface area contributed by atoms with Crippen LogP contribution >= 0.6 is 0 Å². The molecule has 1 rings (SSSR count). The topological polar surface area (TPSA) is 38.8 Å². The number of esters is 1. The van der Waals surface area contributed by atoms with Gasteiger partial charge in [0.25, 0.3) is 0 Å². The molecule has 3 nitrogen and oxygen atoms in total. The number of carbonyl (C=O) groups is 1. The molecule has 1 atom stereocenters. The predicted molar refractivity (Wildman–Crippen MR) is 63.3 cm³/mol. The van der Waals surface area contributed by atoms with E-state index in [2.05, 4.69) is 4.74 Å². The third-order valence-electron chi connectivity index (χ3n) is 1.34. The van der Waals surface area contributed by atoms with Crippen LogP contribution in [0, 0.1) is 0 Å². The molecule has 0 amide bonds. The van der Waals surface area contributed by atoms with E-state index in [1.807, 2.05) is 0 Å². The van der Waals surface area contributed by atoms with Gasteiger partial charge in [0, 0.05) is 32.4 Å². The molecule has 0 aromatic heterocycles. The van der Waals surface area contributed by atoms with E-state index in [9.17, 15) is 4.79 Å². The first-order valence-electron chi connectivity index (χ1n) is 13.8. The van der Waals surface area contributed by atoms with Gasteiger partial charge in [0.05, 0.1) is 6.61 Å². The quantitative estimate of drug-likeness (QED) is 0.440. The molecule has 1 heterocycles. The molecule has 0 radical (unpaired) electrons. The molecule has 1 saturated heterocycles. The highest BCUT2D eigenvalue weighted by Crippen LogP contribution is 2.11. The zero-order valence-electron chi connectivity index (χ0n) is 27.2. The van der Waals surface area contributed by atoms with Crippen LogP contribution < -0.4 is 0 Å². The Balaban J connectivity index is 3.57. The van der Waals surface area contributed by atoms with Crippen molar-refractivity contribution in [2.75, 3.05) is 13.2 Å². The summed E-state index contributed by atoms with van der Waals surface area (Å²) in [6, 6.07) is 0. The summed E-state index contributed by atoms with van der Waals surface area (Å²) >= 11 is 0. The van der Waals surface area contributed by atoms with Gasteiger partial charge in [-0.2, -0.15) is 0 Å². The van der Waals surface area contributed by atoms with E-state index in [-0.39, 0.29) is 6.61 Å². The second-order valence-corrected chi connectivity index (χ2v) is 2.55. The van der Waals surface area contributed by atoms with Gasteiger partial charge >= 0.3 is 5.97 Å². The lowest BCUT2D eigenvalue weighted by Gasteiger charge is -2.02. The molecule has 0 N–H and O–H groups in total. The third kappa shape index (κ3) is 7.69. The minimum atomic E-state index is -4.55. The van der Waals surface area contributed by atoms with Crippen LogP contribution in [0.4, 0.5) is 0 Å². The van der Waals surface area contributed by atoms with E-state index in [0.717, 1.165) is 0 Å². The normalized spacial score (nSPS) is 44.0. The monoisotopic (exact) mass is 247 g/mol. The van der Waals surface area contributed by atoms with Crippen molar-refractivity contribution < 1.29 is 40.3 Å². The smallest absolute Gasteiger partial charge is 0.305 e. The fourth-order valence-electron chi connectivity index (χ4n) is 0.608. The Morgan fingerprint density at radius 3 is 2.75 bits per heavy atom. The van der Waals surface area contributed by atoms with Gasteiger partial charge in [-0.1, -0.05) is 45.1 Å². The van der Waals surface area contributed by atoms with E-state index < -0.39 is 76.5 Å². The molecule has 0 aromatic rings. The van der Waals surface area contributed by atoms with Crippen LogP contribution in [0.5, 0.6) is 0 Å². The van der Waals surface area contributed by atoms with Crippen molar-refractivity contribution in [3.63, 3.8) is 0 Å². The number of ether oxygens (including phenoxy) is 2. The molecule has 94 valence electrons. The number of epoxide rings is 1. The summed E-state index contributed by atoms with van der Waals surface area (Å²) in [5.41, 5.74) is 0. The summed E-state index contributed by atoms with van der Waals surface area (Å²) in [5, 5.41) is 0. The van der Waals surface area contributed by atoms with Gasteiger partial charge in [-0.05, 0) is 6.37 Å². The summed E-state index contributed by atoms with van der Waals surface area (Å²) in [7, 11) is 0. The lowest BCUT2D eigenvalue weighted by Crippen LogP contribution is -2.09. The highest BCUT2D eigenvalue weighted by atomic mass is 16.6. The molecule has 0 spiro atoms. The number of carbonyl (C=O) groups excluding carboxylic acids is 1. The van der Waals surface area contributed by atoms with Crippen molar-refractivity contribution in [1.82, 2.24) is 0 Å². The molecule has 3 heteroatoms. The predicted octanol–water partition coefficient (Wildman–Crippen LogP) is 3.07. The Hall–Kier alpha value is -0.570. The molecule has 0 saturated carbocycles. The van der Waals surface area contributed by atoms with Gasteiger partial charge < -0.3 is 9.47 Å². The van der Waals surface area contributed by atoms with Crippen LogP contribution in [-0.2, 0) is 14.3 Å². The summed E-state index contributed by atoms with van der Waals surface area (Å²) in [5.74, 6) is -2.00. The fraction of sp³-hybridized carbons (Fsp3) is 0.923. The Morgan fingerprint density at radius 2 is 2.06 bits per heavy atom. The molecule has 0 bridgehead atoms. The molecule has 16 heavy (non-hydrogen) atoms. The maximum Gasteiger partial charge on any atom is 0.305 e. The van der Waals surface area contributed by atoms with Gasteiger partial charge in [0.2, 0.25) is 0 Å². The third-order valence-corrected chi connectivity index (χ3v) is 1.34. The van der Waals surface area contributed by atoms with Gasteiger partial charge in [-0.25, -0.2) is 0 Å². The van der Waals surface area contributed by atoms with Crippen LogP contribution in [0.2, 0.25) is 0 Å². The summed E-state index contributed by atoms with van der Waals surface area (Å²) in [6.45, 7) is -4.29. The summed E-state index contributed by atoms with van der Waals surface area (Å²) in [6.07, 6.45) is -35.5. The van der Waals surface area contributed by atoms with Crippen LogP contribution in [0.15, 0.2) is 0 Å². The van der Waals surface area contributed by atoms with E-state index in [1.165, 1.54) is 0 Å². The number of hydrogen-bond donors (Lipinski definition) is 0. The molecule has 1 aliphatic rings. The number of hydrogen-bond acceptors (Lipinski definition) is 3. The van der Waals surface area contributed by atoms with E-state index in [4.69, 9.17) is 30.8 Å². The lowest BCUT2D eigenvalue weighted by molar-refractivity contribution is -0.144. The molecule has 1 unspecified atom stereocenters. The summed E-state index contributed by atoms with van der Waals surface area (Å²) in [4.78, 5) is 12.1. The van der Waals surface area contributed by atoms with Gasteiger partial charge in [0.1, 0.15) is 12.7 Å². The van der Waals surface area contributed by atoms with Crippen LogP contribution in [-0.4, -0.2) is 25.3 Å². The van der Waals surface area contributed by atoms with Crippen molar-refractivity contribution in [3.8, 4) is 0 Å². The summed E-state index contributed by atoms with van der Waals surface area (Å²) < 4.78 is 156. The second kappa shape index (κ2) is 8.57. The highest BCUT2D eigenvalue weighted by Gasteiger charge is 2.23. The maximum atomic E-state index is 12.1. The second-order valence-electron chi connectivity index (χ2n) is 2.55. The first-order valence-corrected chi connectivity index (χ1v) is 4.29. The average Bonchev–Trinajstić information content (AvgIpc) is 3.48. The zero-order chi connectivity index (χ0) is 28.5. The molecule has 1 fully saturated rings.